The molecule has 0 rings (SSSR count). The molecule has 0 aliphatic rings. The van der Waals surface area contributed by atoms with Crippen LogP contribution in [0.5, 0.6) is 0 Å². The van der Waals surface area contributed by atoms with E-state index in [1.54, 1.807) is 0 Å². The van der Waals surface area contributed by atoms with Crippen LogP contribution in [0, 0.1) is 0 Å². The Morgan fingerprint density at radius 2 is 0.537 bits per heavy atom. The molecule has 0 aromatic heterocycles. The van der Waals surface area contributed by atoms with Gasteiger partial charge in [-0.05, 0) is 89.9 Å². The maximum Gasteiger partial charge on any atom is 0.306 e. The third kappa shape index (κ3) is 67.6. The molecule has 0 radical (unpaired) electrons. The van der Waals surface area contributed by atoms with Gasteiger partial charge in [0.05, 0.1) is 6.61 Å². The zero-order valence-corrected chi connectivity index (χ0v) is 53.3. The Hall–Kier alpha value is -2.92. The molecular weight excluding hydrogens is 981 g/mol. The second-order valence-corrected chi connectivity index (χ2v) is 23.6. The maximum atomic E-state index is 12.4. The van der Waals surface area contributed by atoms with Crippen molar-refractivity contribution >= 4 is 11.9 Å². The summed E-state index contributed by atoms with van der Waals surface area (Å²) in [4.78, 5) is 24.7. The Bertz CT molecular complexity index is 1450. The molecule has 0 amide bonds. The van der Waals surface area contributed by atoms with Crippen molar-refractivity contribution in [1.82, 2.24) is 0 Å². The Labute approximate surface area is 498 Å². The van der Waals surface area contributed by atoms with E-state index in [0.717, 1.165) is 77.0 Å². The summed E-state index contributed by atoms with van der Waals surface area (Å²) >= 11 is 0. The number of aliphatic hydroxyl groups excluding tert-OH is 1. The molecule has 0 aliphatic heterocycles. The monoisotopic (exact) mass is 1120 g/mol. The lowest BCUT2D eigenvalue weighted by Gasteiger charge is -2.15. The second kappa shape index (κ2) is 70.3. The number of unbranched alkanes of at least 4 members (excludes halogenated alkanes) is 43. The SMILES string of the molecule is CC/C=C\C/C=C\C/C=C\C/C=C\CCCCCCCCCCCCCCCCCCCCCCC(=O)OC(CO)COC(=O)CCCCCCCCCCCCCCCCCCCC/C=C\C/C=C\C/C=C\CCCCCCC. The molecule has 5 nitrogen and oxygen atoms in total. The molecule has 1 unspecified atom stereocenters. The normalized spacial score (nSPS) is 12.7. The van der Waals surface area contributed by atoms with E-state index in [2.05, 4.69) is 98.9 Å². The molecule has 1 N–H and O–H groups in total. The average Bonchev–Trinajstić information content (AvgIpc) is 3.46. The van der Waals surface area contributed by atoms with Crippen LogP contribution in [0.4, 0.5) is 0 Å². The van der Waals surface area contributed by atoms with E-state index in [-0.39, 0.29) is 25.2 Å². The van der Waals surface area contributed by atoms with Gasteiger partial charge in [0.2, 0.25) is 0 Å². The highest BCUT2D eigenvalue weighted by Gasteiger charge is 2.16. The van der Waals surface area contributed by atoms with Crippen molar-refractivity contribution in [1.29, 1.82) is 0 Å². The van der Waals surface area contributed by atoms with Crippen LogP contribution in [0.2, 0.25) is 0 Å². The third-order valence-electron chi connectivity index (χ3n) is 15.7. The van der Waals surface area contributed by atoms with Crippen molar-refractivity contribution in [3.63, 3.8) is 0 Å². The van der Waals surface area contributed by atoms with E-state index >= 15 is 0 Å². The number of carbonyl (C=O) groups excluding carboxylic acids is 2. The maximum absolute atomic E-state index is 12.4. The summed E-state index contributed by atoms with van der Waals surface area (Å²) in [5, 5.41) is 9.71. The fourth-order valence-corrected chi connectivity index (χ4v) is 10.4. The fraction of sp³-hybridized carbons (Fsp3) is 0.787. The number of aliphatic hydroxyl groups is 1. The van der Waals surface area contributed by atoms with Gasteiger partial charge in [0.1, 0.15) is 6.61 Å². The van der Waals surface area contributed by atoms with Crippen LogP contribution in [-0.4, -0.2) is 36.4 Å². The van der Waals surface area contributed by atoms with Crippen LogP contribution < -0.4 is 0 Å². The highest BCUT2D eigenvalue weighted by atomic mass is 16.6. The van der Waals surface area contributed by atoms with Crippen molar-refractivity contribution in [3.05, 3.63) is 85.1 Å². The Morgan fingerprint density at radius 3 is 0.812 bits per heavy atom. The van der Waals surface area contributed by atoms with Gasteiger partial charge in [-0.3, -0.25) is 9.59 Å². The number of carbonyl (C=O) groups is 2. The lowest BCUT2D eigenvalue weighted by atomic mass is 10.0. The van der Waals surface area contributed by atoms with E-state index in [9.17, 15) is 14.7 Å². The van der Waals surface area contributed by atoms with Gasteiger partial charge in [-0.15, -0.1) is 0 Å². The highest BCUT2D eigenvalue weighted by molar-refractivity contribution is 5.70. The summed E-state index contributed by atoms with van der Waals surface area (Å²) in [6.45, 7) is 4.06. The zero-order chi connectivity index (χ0) is 57.6. The number of ether oxygens (including phenoxy) is 2. The lowest BCUT2D eigenvalue weighted by Crippen LogP contribution is -2.28. The zero-order valence-electron chi connectivity index (χ0n) is 53.3. The van der Waals surface area contributed by atoms with Crippen LogP contribution in [0.1, 0.15) is 361 Å². The summed E-state index contributed by atoms with van der Waals surface area (Å²) in [7, 11) is 0. The summed E-state index contributed by atoms with van der Waals surface area (Å²) in [5.74, 6) is -0.573. The molecule has 0 fully saturated rings. The number of rotatable bonds is 65. The van der Waals surface area contributed by atoms with Crippen LogP contribution in [-0.2, 0) is 19.1 Å². The summed E-state index contributed by atoms with van der Waals surface area (Å²) in [5.41, 5.74) is 0. The minimum Gasteiger partial charge on any atom is -0.462 e. The van der Waals surface area contributed by atoms with Crippen molar-refractivity contribution in [2.75, 3.05) is 13.2 Å². The van der Waals surface area contributed by atoms with Gasteiger partial charge in [-0.2, -0.15) is 0 Å². The van der Waals surface area contributed by atoms with Crippen molar-refractivity contribution in [2.45, 2.75) is 367 Å². The molecule has 0 spiro atoms. The molecule has 0 saturated carbocycles. The van der Waals surface area contributed by atoms with Gasteiger partial charge in [0.25, 0.3) is 0 Å². The number of hydrogen-bond donors (Lipinski definition) is 1. The predicted octanol–water partition coefficient (Wildman–Crippen LogP) is 24.4. The van der Waals surface area contributed by atoms with Gasteiger partial charge in [-0.25, -0.2) is 0 Å². The van der Waals surface area contributed by atoms with Gasteiger partial charge >= 0.3 is 11.9 Å². The summed E-state index contributed by atoms with van der Waals surface area (Å²) < 4.78 is 10.8. The van der Waals surface area contributed by atoms with Gasteiger partial charge < -0.3 is 14.6 Å². The molecular formula is C75H134O5. The fourth-order valence-electron chi connectivity index (χ4n) is 10.4. The molecule has 464 valence electrons. The minimum absolute atomic E-state index is 0.0633. The van der Waals surface area contributed by atoms with E-state index in [1.165, 1.54) is 257 Å². The first-order valence-corrected chi connectivity index (χ1v) is 35.1. The molecule has 5 heteroatoms. The number of allylic oxidation sites excluding steroid dienone is 14. The van der Waals surface area contributed by atoms with E-state index in [4.69, 9.17) is 9.47 Å². The second-order valence-electron chi connectivity index (χ2n) is 23.6. The first-order chi connectivity index (χ1) is 39.6. The van der Waals surface area contributed by atoms with E-state index in [0.29, 0.717) is 12.8 Å². The van der Waals surface area contributed by atoms with Crippen molar-refractivity contribution in [2.24, 2.45) is 0 Å². The van der Waals surface area contributed by atoms with Gasteiger partial charge in [0.15, 0.2) is 6.10 Å². The molecule has 80 heavy (non-hydrogen) atoms. The van der Waals surface area contributed by atoms with Crippen molar-refractivity contribution in [3.8, 4) is 0 Å². The lowest BCUT2D eigenvalue weighted by molar-refractivity contribution is -0.161. The Morgan fingerprint density at radius 1 is 0.300 bits per heavy atom. The predicted molar refractivity (Wildman–Crippen MR) is 353 cm³/mol. The Balaban J connectivity index is 3.42. The van der Waals surface area contributed by atoms with Crippen LogP contribution in [0.3, 0.4) is 0 Å². The van der Waals surface area contributed by atoms with Crippen LogP contribution in [0.15, 0.2) is 85.1 Å². The topological polar surface area (TPSA) is 72.8 Å². The smallest absolute Gasteiger partial charge is 0.306 e. The molecule has 1 atom stereocenters. The van der Waals surface area contributed by atoms with Crippen LogP contribution in [0.25, 0.3) is 0 Å². The number of hydrogen-bond acceptors (Lipinski definition) is 5. The molecule has 0 bridgehead atoms. The van der Waals surface area contributed by atoms with E-state index in [1.807, 2.05) is 0 Å². The molecule has 0 aliphatic carbocycles. The first-order valence-electron chi connectivity index (χ1n) is 35.1. The molecule has 0 heterocycles. The quantitative estimate of drug-likeness (QED) is 0.0373. The molecule has 0 aromatic carbocycles. The first kappa shape index (κ1) is 77.1. The number of esters is 2. The van der Waals surface area contributed by atoms with Gasteiger partial charge in [-0.1, -0.05) is 343 Å². The van der Waals surface area contributed by atoms with Crippen LogP contribution >= 0.6 is 0 Å². The molecule has 0 saturated heterocycles. The van der Waals surface area contributed by atoms with E-state index < -0.39 is 6.10 Å². The standard InChI is InChI=1S/C75H134O5/c1-3-5-7-9-11-13-15-17-19-21-23-25-27-29-31-33-35-37-39-41-43-45-47-49-51-53-55-57-59-61-63-65-67-69-74(77)79-72-73(71-76)80-75(78)70-68-66-64-62-60-58-56-54-52-50-48-46-44-42-40-38-36-34-32-30-28-26-24-22-20-18-16-14-12-10-8-6-4-2/h6,8,12,14-15,17-18,20-21,23-24,26-27,29,73,76H,3-5,7,9-11,13,16,19,22,25,28,30-72H2,1-2H3/b8-6-,14-12-,17-15-,20-18-,23-21-,26-24-,29-27-. The van der Waals surface area contributed by atoms with Gasteiger partial charge in [0, 0.05) is 12.8 Å². The largest absolute Gasteiger partial charge is 0.462 e. The summed E-state index contributed by atoms with van der Waals surface area (Å²) in [6.07, 6.45) is 99.0. The Kier molecular flexibility index (Phi) is 67.8. The molecule has 0 aromatic rings. The highest BCUT2D eigenvalue weighted by Crippen LogP contribution is 2.18. The van der Waals surface area contributed by atoms with Crippen molar-refractivity contribution < 1.29 is 24.2 Å². The summed E-state index contributed by atoms with van der Waals surface area (Å²) in [6, 6.07) is 0. The minimum atomic E-state index is -0.774. The average molecular weight is 1120 g/mol. The third-order valence-corrected chi connectivity index (χ3v) is 15.7.